The van der Waals surface area contributed by atoms with E-state index in [-0.39, 0.29) is 23.1 Å². The highest BCUT2D eigenvalue weighted by atomic mass is 32.2. The summed E-state index contributed by atoms with van der Waals surface area (Å²) >= 11 is -0.117. The number of rotatable bonds is 3. The van der Waals surface area contributed by atoms with Crippen LogP contribution in [0.2, 0.25) is 0 Å². The fraction of sp³-hybridized carbons (Fsp3) is 0.364. The maximum absolute atomic E-state index is 12.3. The second-order valence-electron chi connectivity index (χ2n) is 3.32. The first kappa shape index (κ1) is 12.9. The average molecular weight is 245 g/mol. The molecule has 16 heavy (non-hydrogen) atoms. The van der Waals surface area contributed by atoms with Gasteiger partial charge < -0.3 is 0 Å². The molecule has 0 unspecified atom stereocenters. The summed E-state index contributed by atoms with van der Waals surface area (Å²) in [6.45, 7) is 1.74. The van der Waals surface area contributed by atoms with Gasteiger partial charge in [0.25, 0.3) is 0 Å². The molecule has 0 atom stereocenters. The molecule has 0 aliphatic carbocycles. The molecule has 0 heterocycles. The van der Waals surface area contributed by atoms with Gasteiger partial charge in [-0.05, 0) is 42.3 Å². The zero-order valence-electron chi connectivity index (χ0n) is 8.64. The van der Waals surface area contributed by atoms with Crippen molar-refractivity contribution < 1.29 is 13.2 Å². The Bertz CT molecular complexity index is 407. The van der Waals surface area contributed by atoms with Crippen molar-refractivity contribution in [3.05, 3.63) is 29.3 Å². The first-order valence-electron chi connectivity index (χ1n) is 4.64. The van der Waals surface area contributed by atoms with E-state index in [1.165, 1.54) is 6.07 Å². The van der Waals surface area contributed by atoms with E-state index in [4.69, 9.17) is 5.26 Å². The molecule has 0 amide bonds. The summed E-state index contributed by atoms with van der Waals surface area (Å²) in [7, 11) is 0. The van der Waals surface area contributed by atoms with E-state index in [2.05, 4.69) is 0 Å². The summed E-state index contributed by atoms with van der Waals surface area (Å²) in [5.74, 6) is 0. The highest BCUT2D eigenvalue weighted by Crippen LogP contribution is 2.39. The predicted molar refractivity (Wildman–Crippen MR) is 57.0 cm³/mol. The van der Waals surface area contributed by atoms with E-state index < -0.39 is 5.51 Å². The summed E-state index contributed by atoms with van der Waals surface area (Å²) in [5.41, 5.74) is -2.92. The van der Waals surface area contributed by atoms with E-state index in [1.807, 2.05) is 6.07 Å². The van der Waals surface area contributed by atoms with Crippen molar-refractivity contribution >= 4 is 11.8 Å². The Labute approximate surface area is 96.3 Å². The molecule has 86 valence electrons. The van der Waals surface area contributed by atoms with Crippen LogP contribution in [0.1, 0.15) is 17.5 Å². The zero-order chi connectivity index (χ0) is 12.2. The van der Waals surface area contributed by atoms with E-state index >= 15 is 0 Å². The van der Waals surface area contributed by atoms with Gasteiger partial charge in [-0.15, -0.1) is 0 Å². The second-order valence-corrected chi connectivity index (χ2v) is 4.42. The third kappa shape index (κ3) is 4.15. The minimum absolute atomic E-state index is 0.117. The number of thioether (sulfide) groups is 1. The van der Waals surface area contributed by atoms with Gasteiger partial charge in [-0.25, -0.2) is 0 Å². The zero-order valence-corrected chi connectivity index (χ0v) is 9.45. The third-order valence-corrected chi connectivity index (χ3v) is 2.79. The Morgan fingerprint density at radius 1 is 1.38 bits per heavy atom. The monoisotopic (exact) mass is 245 g/mol. The highest BCUT2D eigenvalue weighted by Gasteiger charge is 2.30. The lowest BCUT2D eigenvalue weighted by Gasteiger charge is -2.11. The van der Waals surface area contributed by atoms with E-state index in [0.717, 1.165) is 5.56 Å². The molecule has 0 aliphatic rings. The van der Waals surface area contributed by atoms with Gasteiger partial charge in [0.15, 0.2) is 0 Å². The van der Waals surface area contributed by atoms with Gasteiger partial charge in [0, 0.05) is 11.3 Å². The number of nitrogens with zero attached hydrogens (tertiary/aromatic N) is 1. The number of benzene rings is 1. The summed E-state index contributed by atoms with van der Waals surface area (Å²) in [5, 5.41) is 8.43. The third-order valence-electron chi connectivity index (χ3n) is 1.95. The second kappa shape index (κ2) is 5.26. The van der Waals surface area contributed by atoms with Crippen molar-refractivity contribution in [1.82, 2.24) is 0 Å². The SMILES string of the molecule is Cc1ccc(CCC#N)c(SC(F)(F)F)c1. The minimum atomic E-state index is -4.28. The lowest BCUT2D eigenvalue weighted by Crippen LogP contribution is -2.01. The maximum atomic E-state index is 12.3. The van der Waals surface area contributed by atoms with Gasteiger partial charge in [-0.2, -0.15) is 18.4 Å². The number of hydrogen-bond donors (Lipinski definition) is 0. The molecule has 1 rings (SSSR count). The van der Waals surface area contributed by atoms with Crippen LogP contribution in [0.15, 0.2) is 23.1 Å². The van der Waals surface area contributed by atoms with E-state index in [0.29, 0.717) is 12.0 Å². The van der Waals surface area contributed by atoms with Crippen LogP contribution in [-0.2, 0) is 6.42 Å². The van der Waals surface area contributed by atoms with Crippen LogP contribution in [0.5, 0.6) is 0 Å². The molecule has 1 aromatic carbocycles. The maximum Gasteiger partial charge on any atom is 0.446 e. The lowest BCUT2D eigenvalue weighted by atomic mass is 10.1. The van der Waals surface area contributed by atoms with Crippen molar-refractivity contribution in [2.75, 3.05) is 0 Å². The summed E-state index contributed by atoms with van der Waals surface area (Å²) in [4.78, 5) is 0.197. The highest BCUT2D eigenvalue weighted by molar-refractivity contribution is 8.00. The molecule has 1 nitrogen and oxygen atoms in total. The largest absolute Gasteiger partial charge is 0.446 e. The van der Waals surface area contributed by atoms with Gasteiger partial charge in [0.05, 0.1) is 6.07 Å². The van der Waals surface area contributed by atoms with Gasteiger partial charge in [-0.1, -0.05) is 12.1 Å². The van der Waals surface area contributed by atoms with Crippen molar-refractivity contribution in [2.45, 2.75) is 30.2 Å². The van der Waals surface area contributed by atoms with Gasteiger partial charge >= 0.3 is 5.51 Å². The fourth-order valence-corrected chi connectivity index (χ4v) is 2.07. The first-order chi connectivity index (χ1) is 7.42. The average Bonchev–Trinajstić information content (AvgIpc) is 2.14. The minimum Gasteiger partial charge on any atom is -0.198 e. The van der Waals surface area contributed by atoms with Crippen LogP contribution in [0.3, 0.4) is 0 Å². The molecule has 0 saturated carbocycles. The molecule has 0 saturated heterocycles. The molecular formula is C11H10F3NS. The molecule has 0 aliphatic heterocycles. The molecular weight excluding hydrogens is 235 g/mol. The standard InChI is InChI=1S/C11H10F3NS/c1-8-4-5-9(3-2-6-15)10(7-8)16-11(12,13)14/h4-5,7H,2-3H2,1H3. The van der Waals surface area contributed by atoms with Crippen LogP contribution in [0.25, 0.3) is 0 Å². The molecule has 0 spiro atoms. The number of alkyl halides is 3. The van der Waals surface area contributed by atoms with Crippen LogP contribution in [0, 0.1) is 18.3 Å². The van der Waals surface area contributed by atoms with E-state index in [9.17, 15) is 13.2 Å². The van der Waals surface area contributed by atoms with Crippen molar-refractivity contribution in [1.29, 1.82) is 5.26 Å². The Balaban J connectivity index is 2.95. The van der Waals surface area contributed by atoms with E-state index in [1.54, 1.807) is 19.1 Å². The van der Waals surface area contributed by atoms with Crippen molar-refractivity contribution in [3.8, 4) is 6.07 Å². The van der Waals surface area contributed by atoms with Crippen LogP contribution >= 0.6 is 11.8 Å². The molecule has 0 aromatic heterocycles. The molecule has 5 heteroatoms. The van der Waals surface area contributed by atoms with Crippen LogP contribution < -0.4 is 0 Å². The Hall–Kier alpha value is -1.15. The van der Waals surface area contributed by atoms with Crippen LogP contribution in [-0.4, -0.2) is 5.51 Å². The number of aryl methyl sites for hydroxylation is 2. The predicted octanol–water partition coefficient (Wildman–Crippen LogP) is 4.06. The summed E-state index contributed by atoms with van der Waals surface area (Å²) < 4.78 is 36.8. The smallest absolute Gasteiger partial charge is 0.198 e. The number of halogens is 3. The van der Waals surface area contributed by atoms with Gasteiger partial charge in [0.2, 0.25) is 0 Å². The van der Waals surface area contributed by atoms with Crippen molar-refractivity contribution in [3.63, 3.8) is 0 Å². The normalized spacial score (nSPS) is 11.2. The molecule has 1 aromatic rings. The van der Waals surface area contributed by atoms with Crippen LogP contribution in [0.4, 0.5) is 13.2 Å². The van der Waals surface area contributed by atoms with Gasteiger partial charge in [-0.3, -0.25) is 0 Å². The topological polar surface area (TPSA) is 23.8 Å². The molecule has 0 radical (unpaired) electrons. The Morgan fingerprint density at radius 3 is 2.62 bits per heavy atom. The van der Waals surface area contributed by atoms with Crippen molar-refractivity contribution in [2.24, 2.45) is 0 Å². The number of nitriles is 1. The summed E-state index contributed by atoms with van der Waals surface area (Å²) in [6, 6.07) is 6.85. The number of hydrogen-bond acceptors (Lipinski definition) is 2. The quantitative estimate of drug-likeness (QED) is 0.750. The Morgan fingerprint density at radius 2 is 2.06 bits per heavy atom. The Kier molecular flexibility index (Phi) is 4.25. The first-order valence-corrected chi connectivity index (χ1v) is 5.46. The van der Waals surface area contributed by atoms with Gasteiger partial charge in [0.1, 0.15) is 0 Å². The molecule has 0 bridgehead atoms. The summed E-state index contributed by atoms with van der Waals surface area (Å²) in [6.07, 6.45) is 0.587. The lowest BCUT2D eigenvalue weighted by molar-refractivity contribution is -0.0328. The molecule has 0 fully saturated rings. The molecule has 0 N–H and O–H groups in total. The fourth-order valence-electron chi connectivity index (χ4n) is 1.28.